The lowest BCUT2D eigenvalue weighted by Gasteiger charge is -2.40. The number of nitrogens with zero attached hydrogens (tertiary/aromatic N) is 2. The Labute approximate surface area is 164 Å². The largest absolute Gasteiger partial charge is 0.304 e. The minimum atomic E-state index is -3.60. The molecule has 1 aliphatic heterocycles. The molecule has 0 radical (unpaired) electrons. The molecule has 0 bridgehead atoms. The van der Waals surface area contributed by atoms with E-state index >= 15 is 0 Å². The third kappa shape index (κ3) is 4.65. The monoisotopic (exact) mass is 413 g/mol. The van der Waals surface area contributed by atoms with E-state index in [0.29, 0.717) is 5.02 Å². The summed E-state index contributed by atoms with van der Waals surface area (Å²) in [6, 6.07) is 10.1. The van der Waals surface area contributed by atoms with Crippen molar-refractivity contribution in [1.29, 1.82) is 0 Å². The minimum absolute atomic E-state index is 0.0192. The van der Waals surface area contributed by atoms with Gasteiger partial charge in [0.25, 0.3) is 0 Å². The topological polar surface area (TPSA) is 52.7 Å². The van der Waals surface area contributed by atoms with Crippen molar-refractivity contribution in [3.8, 4) is 0 Å². The van der Waals surface area contributed by atoms with Gasteiger partial charge in [0.1, 0.15) is 0 Å². The number of likely N-dealkylation sites (N-methyl/N-ethyl adjacent to an activating group) is 1. The summed E-state index contributed by atoms with van der Waals surface area (Å²) in [4.78, 5) is 6.09. The number of benzene rings is 1. The second-order valence-corrected chi connectivity index (χ2v) is 9.79. The molecule has 0 aliphatic carbocycles. The third-order valence-corrected chi connectivity index (χ3v) is 7.47. The first-order valence-corrected chi connectivity index (χ1v) is 11.3. The number of hydrogen-bond acceptors (Lipinski definition) is 5. The molecule has 142 valence electrons. The van der Waals surface area contributed by atoms with E-state index < -0.39 is 10.0 Å². The van der Waals surface area contributed by atoms with Crippen LogP contribution in [0.5, 0.6) is 0 Å². The molecule has 1 N–H and O–H groups in total. The minimum Gasteiger partial charge on any atom is -0.304 e. The lowest BCUT2D eigenvalue weighted by Crippen LogP contribution is -2.51. The van der Waals surface area contributed by atoms with Gasteiger partial charge in [0, 0.05) is 42.1 Å². The number of piperazine rings is 1. The fourth-order valence-corrected chi connectivity index (χ4v) is 5.63. The second-order valence-electron chi connectivity index (χ2n) is 6.66. The van der Waals surface area contributed by atoms with E-state index in [9.17, 15) is 8.42 Å². The molecule has 0 unspecified atom stereocenters. The smallest absolute Gasteiger partial charge is 0.240 e. The van der Waals surface area contributed by atoms with Crippen molar-refractivity contribution in [1.82, 2.24) is 14.5 Å². The van der Waals surface area contributed by atoms with Gasteiger partial charge < -0.3 is 4.90 Å². The molecule has 2 heterocycles. The summed E-state index contributed by atoms with van der Waals surface area (Å²) >= 11 is 7.54. The molecule has 1 aromatic carbocycles. The normalized spacial score (nSPS) is 19.3. The van der Waals surface area contributed by atoms with Gasteiger partial charge in [-0.15, -0.1) is 11.3 Å². The Morgan fingerprint density at radius 2 is 1.77 bits per heavy atom. The average molecular weight is 414 g/mol. The number of rotatable bonds is 6. The Bertz CT molecular complexity index is 801. The zero-order valence-electron chi connectivity index (χ0n) is 14.9. The molecular weight excluding hydrogens is 390 g/mol. The van der Waals surface area contributed by atoms with Crippen LogP contribution in [0.15, 0.2) is 46.7 Å². The molecule has 1 aromatic heterocycles. The van der Waals surface area contributed by atoms with E-state index in [4.69, 9.17) is 11.6 Å². The zero-order valence-corrected chi connectivity index (χ0v) is 17.3. The van der Waals surface area contributed by atoms with Gasteiger partial charge in [0.15, 0.2) is 0 Å². The predicted octanol–water partition coefficient (Wildman–Crippen LogP) is 3.06. The number of halogens is 1. The highest BCUT2D eigenvalue weighted by atomic mass is 35.5. The van der Waals surface area contributed by atoms with E-state index in [0.717, 1.165) is 26.2 Å². The molecule has 1 saturated heterocycles. The van der Waals surface area contributed by atoms with E-state index in [1.165, 1.54) is 17.0 Å². The van der Waals surface area contributed by atoms with E-state index in [1.54, 1.807) is 23.5 Å². The number of hydrogen-bond donors (Lipinski definition) is 1. The Balaban J connectivity index is 1.81. The third-order valence-electron chi connectivity index (χ3n) is 4.70. The van der Waals surface area contributed by atoms with E-state index in [-0.39, 0.29) is 17.0 Å². The van der Waals surface area contributed by atoms with Gasteiger partial charge in [-0.2, -0.15) is 0 Å². The molecular formula is C18H24ClN3O2S2. The van der Waals surface area contributed by atoms with Crippen molar-refractivity contribution in [2.24, 2.45) is 0 Å². The molecule has 26 heavy (non-hydrogen) atoms. The molecule has 2 aromatic rings. The van der Waals surface area contributed by atoms with Gasteiger partial charge in [-0.1, -0.05) is 17.7 Å². The van der Waals surface area contributed by atoms with Crippen molar-refractivity contribution in [2.45, 2.75) is 23.9 Å². The molecule has 5 nitrogen and oxygen atoms in total. The van der Waals surface area contributed by atoms with E-state index in [2.05, 4.69) is 27.6 Å². The molecule has 3 rings (SSSR count). The Morgan fingerprint density at radius 1 is 1.12 bits per heavy atom. The highest BCUT2D eigenvalue weighted by Gasteiger charge is 2.31. The summed E-state index contributed by atoms with van der Waals surface area (Å²) in [6.07, 6.45) is 0. The van der Waals surface area contributed by atoms with Crippen molar-refractivity contribution >= 4 is 33.0 Å². The van der Waals surface area contributed by atoms with Crippen LogP contribution in [0.25, 0.3) is 0 Å². The molecule has 0 saturated carbocycles. The summed E-state index contributed by atoms with van der Waals surface area (Å²) in [5.74, 6) is 0. The summed E-state index contributed by atoms with van der Waals surface area (Å²) in [7, 11) is -1.49. The first-order chi connectivity index (χ1) is 12.4. The van der Waals surface area contributed by atoms with Crippen LogP contribution in [0, 0.1) is 0 Å². The summed E-state index contributed by atoms with van der Waals surface area (Å²) in [5.41, 5.74) is 0. The van der Waals surface area contributed by atoms with Crippen LogP contribution in [0.1, 0.15) is 17.8 Å². The van der Waals surface area contributed by atoms with Crippen molar-refractivity contribution in [3.05, 3.63) is 51.7 Å². The van der Waals surface area contributed by atoms with Crippen LogP contribution in [-0.2, 0) is 10.0 Å². The van der Waals surface area contributed by atoms with Crippen LogP contribution in [-0.4, -0.2) is 57.5 Å². The summed E-state index contributed by atoms with van der Waals surface area (Å²) < 4.78 is 28.4. The van der Waals surface area contributed by atoms with Crippen LogP contribution < -0.4 is 4.72 Å². The SMILES string of the molecule is C[C@@H](NS(=O)(=O)c1ccc(Cl)cc1)[C@H](c1cccs1)N1CCN(C)CC1. The van der Waals surface area contributed by atoms with Gasteiger partial charge >= 0.3 is 0 Å². The van der Waals surface area contributed by atoms with Gasteiger partial charge in [-0.25, -0.2) is 13.1 Å². The standard InChI is InChI=1S/C18H24ClN3O2S2/c1-14(20-26(23,24)16-7-5-15(19)6-8-16)18(17-4-3-13-25-17)22-11-9-21(2)10-12-22/h3-8,13-14,18,20H,9-12H2,1-2H3/t14-,18-/m1/s1. The molecule has 0 spiro atoms. The highest BCUT2D eigenvalue weighted by Crippen LogP contribution is 2.30. The van der Waals surface area contributed by atoms with Crippen LogP contribution in [0.4, 0.5) is 0 Å². The number of thiophene rings is 1. The Hall–Kier alpha value is -0.960. The predicted molar refractivity (Wildman–Crippen MR) is 107 cm³/mol. The number of sulfonamides is 1. The fourth-order valence-electron chi connectivity index (χ4n) is 3.29. The molecule has 2 atom stereocenters. The molecule has 8 heteroatoms. The van der Waals surface area contributed by atoms with E-state index in [1.807, 2.05) is 18.4 Å². The first kappa shape index (κ1) is 19.8. The van der Waals surface area contributed by atoms with Crippen molar-refractivity contribution in [3.63, 3.8) is 0 Å². The highest BCUT2D eigenvalue weighted by molar-refractivity contribution is 7.89. The fraction of sp³-hybridized carbons (Fsp3) is 0.444. The maximum Gasteiger partial charge on any atom is 0.240 e. The zero-order chi connectivity index (χ0) is 18.7. The van der Waals surface area contributed by atoms with Crippen molar-refractivity contribution in [2.75, 3.05) is 33.2 Å². The van der Waals surface area contributed by atoms with Crippen LogP contribution in [0.2, 0.25) is 5.02 Å². The molecule has 1 fully saturated rings. The quantitative estimate of drug-likeness (QED) is 0.790. The molecule has 0 amide bonds. The number of nitrogens with one attached hydrogen (secondary N) is 1. The van der Waals surface area contributed by atoms with Gasteiger partial charge in [-0.3, -0.25) is 4.90 Å². The maximum atomic E-state index is 12.8. The second kappa shape index (κ2) is 8.37. The van der Waals surface area contributed by atoms with Gasteiger partial charge in [0.05, 0.1) is 10.9 Å². The van der Waals surface area contributed by atoms with Gasteiger partial charge in [-0.05, 0) is 49.7 Å². The Kier molecular flexibility index (Phi) is 6.37. The average Bonchev–Trinajstić information content (AvgIpc) is 3.11. The lowest BCUT2D eigenvalue weighted by molar-refractivity contribution is 0.0994. The van der Waals surface area contributed by atoms with Crippen molar-refractivity contribution < 1.29 is 8.42 Å². The lowest BCUT2D eigenvalue weighted by atomic mass is 10.1. The first-order valence-electron chi connectivity index (χ1n) is 8.61. The summed E-state index contributed by atoms with van der Waals surface area (Å²) in [6.45, 7) is 5.76. The maximum absolute atomic E-state index is 12.8. The van der Waals surface area contributed by atoms with Crippen LogP contribution >= 0.6 is 22.9 Å². The van der Waals surface area contributed by atoms with Gasteiger partial charge in [0.2, 0.25) is 10.0 Å². The Morgan fingerprint density at radius 3 is 2.35 bits per heavy atom. The summed E-state index contributed by atoms with van der Waals surface area (Å²) in [5, 5.41) is 2.56. The molecule has 1 aliphatic rings. The van der Waals surface area contributed by atoms with Crippen LogP contribution in [0.3, 0.4) is 0 Å².